The second kappa shape index (κ2) is 10.1. The highest BCUT2D eigenvalue weighted by molar-refractivity contribution is 5.87. The van der Waals surface area contributed by atoms with E-state index in [-0.39, 0.29) is 30.8 Å². The van der Waals surface area contributed by atoms with E-state index in [1.54, 1.807) is 32.4 Å². The molecule has 0 aromatic carbocycles. The number of aliphatic hydroxyl groups is 1. The Labute approximate surface area is 269 Å². The first kappa shape index (κ1) is 31.8. The first-order valence-electron chi connectivity index (χ1n) is 16.4. The van der Waals surface area contributed by atoms with E-state index < -0.39 is 82.2 Å². The lowest BCUT2D eigenvalue weighted by molar-refractivity contribution is -0.353. The highest BCUT2D eigenvalue weighted by atomic mass is 16.8. The van der Waals surface area contributed by atoms with Gasteiger partial charge in [0.25, 0.3) is 0 Å². The summed E-state index contributed by atoms with van der Waals surface area (Å²) in [6.45, 7) is 14.6. The number of carbonyl (C=O) groups excluding carboxylic acids is 3. The summed E-state index contributed by atoms with van der Waals surface area (Å²) >= 11 is 0. The Morgan fingerprint density at radius 2 is 1.74 bits per heavy atom. The standard InChI is InChI=1S/C35H46O11/c1-9-17(2)30(39)44-24-14-23(42-18(3)36)31(5)16-41-27-28(31)32(24,6)22-13-26-43-25-12-21(20-10-11-40-15-20)34(8,45-19(4)37)35(25,46-26)33(22,7)29(27)38/h9-11,15,21-29,38H,12-14,16H2,1-8H3/t21-,22+,23+,24-,25-,26+,27+,28-,29+,31+,32-,33-,34-,35+/m0/s1. The van der Waals surface area contributed by atoms with Crippen LogP contribution in [0, 0.1) is 28.1 Å². The van der Waals surface area contributed by atoms with Gasteiger partial charge in [0.15, 0.2) is 6.29 Å². The van der Waals surface area contributed by atoms with Crippen LogP contribution >= 0.6 is 0 Å². The maximum Gasteiger partial charge on any atom is 0.333 e. The first-order valence-corrected chi connectivity index (χ1v) is 16.4. The molecule has 252 valence electrons. The molecule has 46 heavy (non-hydrogen) atoms. The first-order chi connectivity index (χ1) is 21.6. The molecule has 3 aliphatic heterocycles. The van der Waals surface area contributed by atoms with E-state index >= 15 is 0 Å². The van der Waals surface area contributed by atoms with Crippen LogP contribution in [-0.2, 0) is 42.8 Å². The molecule has 2 bridgehead atoms. The number of hydrogen-bond acceptors (Lipinski definition) is 11. The Bertz CT molecular complexity index is 1470. The average Bonchev–Trinajstić information content (AvgIpc) is 3.75. The molecular formula is C35H46O11. The zero-order chi connectivity index (χ0) is 33.2. The summed E-state index contributed by atoms with van der Waals surface area (Å²) in [5, 5.41) is 12.8. The van der Waals surface area contributed by atoms with Gasteiger partial charge in [-0.3, -0.25) is 9.59 Å². The van der Waals surface area contributed by atoms with Gasteiger partial charge < -0.3 is 37.9 Å². The number of furan rings is 1. The number of aliphatic hydroxyl groups excluding tert-OH is 1. The molecule has 6 fully saturated rings. The van der Waals surface area contributed by atoms with Crippen molar-refractivity contribution in [3.05, 3.63) is 35.8 Å². The van der Waals surface area contributed by atoms with E-state index in [2.05, 4.69) is 6.92 Å². The SMILES string of the molecule is CC=C(C)C(=O)O[C@H]1C[C@@H](OC(C)=O)[C@@]2(C)CO[C@H]3[C@@H](O)[C@]4(C)[C@H](C[C@@H]5O[C@H]6C[C@@H](c7ccoc7)[C@](C)(OC(C)=O)[C@@]64O5)[C@]1(C)[C@@H]32. The minimum Gasteiger partial charge on any atom is -0.472 e. The second-order valence-electron chi connectivity index (χ2n) is 15.3. The molecule has 0 unspecified atom stereocenters. The van der Waals surface area contributed by atoms with Crippen molar-refractivity contribution in [2.45, 2.75) is 129 Å². The summed E-state index contributed by atoms with van der Waals surface area (Å²) in [5.41, 5.74) is -3.83. The van der Waals surface area contributed by atoms with Crippen molar-refractivity contribution in [3.8, 4) is 0 Å². The monoisotopic (exact) mass is 642 g/mol. The van der Waals surface area contributed by atoms with Crippen LogP contribution in [0.5, 0.6) is 0 Å². The Morgan fingerprint density at radius 1 is 1.00 bits per heavy atom. The topological polar surface area (TPSA) is 140 Å². The molecule has 7 rings (SSSR count). The molecule has 1 N–H and O–H groups in total. The van der Waals surface area contributed by atoms with Gasteiger partial charge in [-0.1, -0.05) is 26.8 Å². The van der Waals surface area contributed by atoms with Gasteiger partial charge in [0.05, 0.1) is 37.4 Å². The highest BCUT2D eigenvalue weighted by Gasteiger charge is 2.87. The summed E-state index contributed by atoms with van der Waals surface area (Å²) in [7, 11) is 0. The molecule has 6 aliphatic rings. The van der Waals surface area contributed by atoms with Gasteiger partial charge in [0.1, 0.15) is 23.4 Å². The van der Waals surface area contributed by atoms with Gasteiger partial charge in [-0.2, -0.15) is 0 Å². The largest absolute Gasteiger partial charge is 0.472 e. The predicted molar refractivity (Wildman–Crippen MR) is 160 cm³/mol. The number of allylic oxidation sites excluding steroid dienone is 1. The van der Waals surface area contributed by atoms with Gasteiger partial charge in [-0.05, 0) is 44.7 Å². The van der Waals surface area contributed by atoms with E-state index in [0.717, 1.165) is 5.56 Å². The number of rotatable bonds is 5. The Kier molecular flexibility index (Phi) is 7.02. The third-order valence-corrected chi connectivity index (χ3v) is 13.3. The maximum absolute atomic E-state index is 13.5. The van der Waals surface area contributed by atoms with Crippen LogP contribution in [0.25, 0.3) is 0 Å². The van der Waals surface area contributed by atoms with Gasteiger partial charge in [-0.15, -0.1) is 0 Å². The van der Waals surface area contributed by atoms with E-state index in [0.29, 0.717) is 18.4 Å². The molecule has 4 heterocycles. The number of fused-ring (bicyclic) bond motifs is 3. The minimum atomic E-state index is -1.29. The summed E-state index contributed by atoms with van der Waals surface area (Å²) in [6, 6.07) is 1.86. The zero-order valence-corrected chi connectivity index (χ0v) is 27.9. The van der Waals surface area contributed by atoms with Crippen molar-refractivity contribution >= 4 is 17.9 Å². The zero-order valence-electron chi connectivity index (χ0n) is 27.9. The van der Waals surface area contributed by atoms with Gasteiger partial charge >= 0.3 is 17.9 Å². The molecule has 1 aromatic rings. The highest BCUT2D eigenvalue weighted by Crippen LogP contribution is 2.78. The minimum absolute atomic E-state index is 0.250. The summed E-state index contributed by atoms with van der Waals surface area (Å²) in [4.78, 5) is 38.8. The molecule has 11 heteroatoms. The van der Waals surface area contributed by atoms with E-state index in [4.69, 9.17) is 32.8 Å². The van der Waals surface area contributed by atoms with Crippen molar-refractivity contribution in [2.75, 3.05) is 6.61 Å². The number of hydrogen-bond donors (Lipinski definition) is 1. The van der Waals surface area contributed by atoms with Gasteiger partial charge in [-0.25, -0.2) is 4.79 Å². The van der Waals surface area contributed by atoms with Crippen LogP contribution in [-0.4, -0.2) is 77.6 Å². The predicted octanol–water partition coefficient (Wildman–Crippen LogP) is 4.21. The van der Waals surface area contributed by atoms with Gasteiger partial charge in [0, 0.05) is 60.3 Å². The van der Waals surface area contributed by atoms with Crippen LogP contribution in [0.2, 0.25) is 0 Å². The molecule has 0 amide bonds. The quantitative estimate of drug-likeness (QED) is 0.281. The summed E-state index contributed by atoms with van der Waals surface area (Å²) in [6.07, 6.45) is 1.84. The lowest BCUT2D eigenvalue weighted by Crippen LogP contribution is -2.80. The normalized spacial score (nSPS) is 50.3. The summed E-state index contributed by atoms with van der Waals surface area (Å²) in [5.74, 6) is -2.40. The Balaban J connectivity index is 1.43. The Morgan fingerprint density at radius 3 is 2.37 bits per heavy atom. The van der Waals surface area contributed by atoms with Crippen molar-refractivity contribution in [1.82, 2.24) is 0 Å². The fourth-order valence-electron chi connectivity index (χ4n) is 11.5. The van der Waals surface area contributed by atoms with Crippen LogP contribution in [0.15, 0.2) is 34.7 Å². The molecule has 0 radical (unpaired) electrons. The molecule has 11 nitrogen and oxygen atoms in total. The molecule has 1 spiro atoms. The maximum atomic E-state index is 13.5. The van der Waals surface area contributed by atoms with Crippen molar-refractivity contribution in [2.24, 2.45) is 28.1 Å². The molecule has 14 atom stereocenters. The van der Waals surface area contributed by atoms with E-state index in [1.807, 2.05) is 26.8 Å². The Hall–Kier alpha value is -2.73. The molecule has 3 saturated heterocycles. The number of ether oxygens (including phenoxy) is 6. The summed E-state index contributed by atoms with van der Waals surface area (Å²) < 4.78 is 44.5. The van der Waals surface area contributed by atoms with Crippen LogP contribution < -0.4 is 0 Å². The van der Waals surface area contributed by atoms with Crippen molar-refractivity contribution in [3.63, 3.8) is 0 Å². The number of carbonyl (C=O) groups is 3. The van der Waals surface area contributed by atoms with Gasteiger partial charge in [0.2, 0.25) is 0 Å². The third-order valence-electron chi connectivity index (χ3n) is 13.3. The van der Waals surface area contributed by atoms with Crippen LogP contribution in [0.3, 0.4) is 0 Å². The molecule has 3 aliphatic carbocycles. The second-order valence-corrected chi connectivity index (χ2v) is 15.3. The fourth-order valence-corrected chi connectivity index (χ4v) is 11.5. The average molecular weight is 643 g/mol. The van der Waals surface area contributed by atoms with Crippen molar-refractivity contribution < 1.29 is 52.3 Å². The molecule has 1 aromatic heterocycles. The fraction of sp³-hybridized carbons (Fsp3) is 0.743. The van der Waals surface area contributed by atoms with E-state index in [1.165, 1.54) is 13.8 Å². The van der Waals surface area contributed by atoms with E-state index in [9.17, 15) is 19.5 Å². The third kappa shape index (κ3) is 3.71. The smallest absolute Gasteiger partial charge is 0.333 e. The lowest BCUT2D eigenvalue weighted by Gasteiger charge is -2.71. The molecular weight excluding hydrogens is 596 g/mol. The van der Waals surface area contributed by atoms with Crippen LogP contribution in [0.4, 0.5) is 0 Å². The lowest BCUT2D eigenvalue weighted by atomic mass is 9.37. The van der Waals surface area contributed by atoms with Crippen LogP contribution in [0.1, 0.15) is 86.1 Å². The number of esters is 3. The van der Waals surface area contributed by atoms with Crippen molar-refractivity contribution in [1.29, 1.82) is 0 Å². The molecule has 3 saturated carbocycles.